The van der Waals surface area contributed by atoms with E-state index in [1.165, 1.54) is 11.5 Å². The zero-order valence-corrected chi connectivity index (χ0v) is 8.12. The number of thioether (sulfide) groups is 1. The maximum absolute atomic E-state index is 5.44. The molecule has 0 spiro atoms. The summed E-state index contributed by atoms with van der Waals surface area (Å²) < 4.78 is 4.88. The fraction of sp³-hybridized carbons (Fsp3) is 0.333. The number of halogens is 1. The minimum Gasteiger partial charge on any atom is -0.216 e. The highest BCUT2D eigenvalue weighted by atomic mass is 35.5. The standard InChI is InChI=1S/C6H7ClN2S2/c7-3-1-2-4-10-6-8-5-9-11-6/h1-2,5H,3-4H2. The number of nitrogens with zero attached hydrogens (tertiary/aromatic N) is 2. The Morgan fingerprint density at radius 3 is 3.18 bits per heavy atom. The number of hydrogen-bond acceptors (Lipinski definition) is 4. The Bertz CT molecular complexity index is 210. The predicted octanol–water partition coefficient (Wildman–Crippen LogP) is 2.43. The van der Waals surface area contributed by atoms with Crippen molar-refractivity contribution in [2.75, 3.05) is 11.6 Å². The highest BCUT2D eigenvalue weighted by Crippen LogP contribution is 2.17. The van der Waals surface area contributed by atoms with E-state index >= 15 is 0 Å². The van der Waals surface area contributed by atoms with Crippen LogP contribution in [-0.4, -0.2) is 21.0 Å². The summed E-state index contributed by atoms with van der Waals surface area (Å²) in [6.45, 7) is 0. The maximum atomic E-state index is 5.44. The first-order valence-electron chi connectivity index (χ1n) is 3.04. The van der Waals surface area contributed by atoms with Gasteiger partial charge in [0.1, 0.15) is 6.33 Å². The summed E-state index contributed by atoms with van der Waals surface area (Å²) >= 11 is 8.52. The first kappa shape index (κ1) is 9.03. The van der Waals surface area contributed by atoms with Crippen molar-refractivity contribution in [2.24, 2.45) is 0 Å². The van der Waals surface area contributed by atoms with E-state index in [1.807, 2.05) is 12.2 Å². The minimum atomic E-state index is 0.580. The summed E-state index contributed by atoms with van der Waals surface area (Å²) in [4.78, 5) is 4.02. The van der Waals surface area contributed by atoms with Crippen molar-refractivity contribution < 1.29 is 0 Å². The van der Waals surface area contributed by atoms with E-state index in [0.717, 1.165) is 10.1 Å². The van der Waals surface area contributed by atoms with Crippen molar-refractivity contribution >= 4 is 34.9 Å². The molecule has 11 heavy (non-hydrogen) atoms. The second-order valence-corrected chi connectivity index (χ2v) is 4.00. The largest absolute Gasteiger partial charge is 0.216 e. The summed E-state index contributed by atoms with van der Waals surface area (Å²) in [5, 5.41) is 0. The lowest BCUT2D eigenvalue weighted by Crippen LogP contribution is -1.71. The first-order valence-corrected chi connectivity index (χ1v) is 5.33. The lowest BCUT2D eigenvalue weighted by Gasteiger charge is -1.86. The average molecular weight is 207 g/mol. The summed E-state index contributed by atoms with van der Waals surface area (Å²) in [6, 6.07) is 0. The summed E-state index contributed by atoms with van der Waals surface area (Å²) in [7, 11) is 0. The van der Waals surface area contributed by atoms with E-state index in [2.05, 4.69) is 9.36 Å². The summed E-state index contributed by atoms with van der Waals surface area (Å²) in [5.74, 6) is 1.50. The van der Waals surface area contributed by atoms with Gasteiger partial charge in [0.05, 0.1) is 0 Å². The van der Waals surface area contributed by atoms with Gasteiger partial charge in [-0.15, -0.1) is 11.6 Å². The normalized spacial score (nSPS) is 11.0. The third-order valence-corrected chi connectivity index (χ3v) is 2.83. The van der Waals surface area contributed by atoms with Crippen LogP contribution in [0.2, 0.25) is 0 Å². The van der Waals surface area contributed by atoms with Crippen molar-refractivity contribution in [3.05, 3.63) is 18.5 Å². The highest BCUT2D eigenvalue weighted by Gasteiger charge is 1.92. The van der Waals surface area contributed by atoms with Gasteiger partial charge in [-0.1, -0.05) is 23.9 Å². The third-order valence-electron chi connectivity index (χ3n) is 0.900. The van der Waals surface area contributed by atoms with Crippen LogP contribution in [0.1, 0.15) is 0 Å². The molecule has 0 aliphatic carbocycles. The number of allylic oxidation sites excluding steroid dienone is 1. The molecule has 0 aromatic carbocycles. The second-order valence-electron chi connectivity index (χ2n) is 1.64. The molecule has 1 aromatic rings. The fourth-order valence-electron chi connectivity index (χ4n) is 0.477. The van der Waals surface area contributed by atoms with Gasteiger partial charge in [0.15, 0.2) is 4.34 Å². The van der Waals surface area contributed by atoms with Crippen LogP contribution in [0.25, 0.3) is 0 Å². The van der Waals surface area contributed by atoms with Crippen LogP contribution in [0.3, 0.4) is 0 Å². The molecule has 1 heterocycles. The molecule has 0 bridgehead atoms. The highest BCUT2D eigenvalue weighted by molar-refractivity contribution is 8.01. The van der Waals surface area contributed by atoms with Crippen molar-refractivity contribution in [2.45, 2.75) is 4.34 Å². The number of rotatable bonds is 4. The molecule has 0 unspecified atom stereocenters. The van der Waals surface area contributed by atoms with Crippen molar-refractivity contribution in [1.29, 1.82) is 0 Å². The molecule has 1 aromatic heterocycles. The zero-order valence-electron chi connectivity index (χ0n) is 5.74. The van der Waals surface area contributed by atoms with Crippen LogP contribution in [0.15, 0.2) is 22.8 Å². The quantitative estimate of drug-likeness (QED) is 0.430. The number of aromatic nitrogens is 2. The third kappa shape index (κ3) is 3.74. The molecule has 0 saturated heterocycles. The lowest BCUT2D eigenvalue weighted by atomic mass is 10.6. The van der Waals surface area contributed by atoms with Gasteiger partial charge in [-0.2, -0.15) is 4.37 Å². The van der Waals surface area contributed by atoms with E-state index in [1.54, 1.807) is 18.1 Å². The van der Waals surface area contributed by atoms with Gasteiger partial charge in [0, 0.05) is 11.6 Å². The molecule has 0 aliphatic rings. The van der Waals surface area contributed by atoms with E-state index in [0.29, 0.717) is 5.88 Å². The molecule has 0 N–H and O–H groups in total. The SMILES string of the molecule is ClCC=CCSc1ncns1. The minimum absolute atomic E-state index is 0.580. The van der Waals surface area contributed by atoms with Crippen molar-refractivity contribution in [1.82, 2.24) is 9.36 Å². The van der Waals surface area contributed by atoms with E-state index in [9.17, 15) is 0 Å². The zero-order chi connectivity index (χ0) is 7.94. The smallest absolute Gasteiger partial charge is 0.170 e. The summed E-state index contributed by atoms with van der Waals surface area (Å²) in [6.07, 6.45) is 5.52. The van der Waals surface area contributed by atoms with Crippen LogP contribution < -0.4 is 0 Å². The molecule has 5 heteroatoms. The Kier molecular flexibility index (Phi) is 4.58. The molecular formula is C6H7ClN2S2. The monoisotopic (exact) mass is 206 g/mol. The summed E-state index contributed by atoms with van der Waals surface area (Å²) in [5.41, 5.74) is 0. The molecule has 0 radical (unpaired) electrons. The molecular weight excluding hydrogens is 200 g/mol. The molecule has 0 aliphatic heterocycles. The van der Waals surface area contributed by atoms with Crippen molar-refractivity contribution in [3.8, 4) is 0 Å². The molecule has 1 rings (SSSR count). The van der Waals surface area contributed by atoms with Gasteiger partial charge in [-0.3, -0.25) is 0 Å². The average Bonchev–Trinajstić information content (AvgIpc) is 2.50. The Balaban J connectivity index is 2.19. The molecule has 0 fully saturated rings. The molecule has 2 nitrogen and oxygen atoms in total. The van der Waals surface area contributed by atoms with Crippen LogP contribution in [0.5, 0.6) is 0 Å². The number of hydrogen-bond donors (Lipinski definition) is 0. The first-order chi connectivity index (χ1) is 5.43. The van der Waals surface area contributed by atoms with Crippen molar-refractivity contribution in [3.63, 3.8) is 0 Å². The molecule has 0 saturated carbocycles. The Hall–Kier alpha value is -0.0600. The van der Waals surface area contributed by atoms with E-state index in [4.69, 9.17) is 11.6 Å². The molecule has 60 valence electrons. The fourth-order valence-corrected chi connectivity index (χ4v) is 1.92. The number of alkyl halides is 1. The van der Waals surface area contributed by atoms with Crippen LogP contribution >= 0.6 is 34.9 Å². The second kappa shape index (κ2) is 5.57. The van der Waals surface area contributed by atoms with E-state index in [-0.39, 0.29) is 0 Å². The van der Waals surface area contributed by atoms with Gasteiger partial charge in [-0.25, -0.2) is 4.98 Å². The topological polar surface area (TPSA) is 25.8 Å². The predicted molar refractivity (Wildman–Crippen MR) is 50.5 cm³/mol. The van der Waals surface area contributed by atoms with Gasteiger partial charge in [0.25, 0.3) is 0 Å². The van der Waals surface area contributed by atoms with E-state index < -0.39 is 0 Å². The lowest BCUT2D eigenvalue weighted by molar-refractivity contribution is 1.22. The van der Waals surface area contributed by atoms with Gasteiger partial charge in [-0.05, 0) is 11.5 Å². The Morgan fingerprint density at radius 2 is 2.55 bits per heavy atom. The molecule has 0 amide bonds. The Labute approximate surface area is 78.8 Å². The molecule has 0 atom stereocenters. The Morgan fingerprint density at radius 1 is 1.64 bits per heavy atom. The van der Waals surface area contributed by atoms with Gasteiger partial charge in [0.2, 0.25) is 0 Å². The van der Waals surface area contributed by atoms with Gasteiger partial charge >= 0.3 is 0 Å². The van der Waals surface area contributed by atoms with Crippen LogP contribution in [0.4, 0.5) is 0 Å². The van der Waals surface area contributed by atoms with Gasteiger partial charge < -0.3 is 0 Å². The van der Waals surface area contributed by atoms with Crippen LogP contribution in [-0.2, 0) is 0 Å². The maximum Gasteiger partial charge on any atom is 0.170 e. The van der Waals surface area contributed by atoms with Crippen LogP contribution in [0, 0.1) is 0 Å².